The van der Waals surface area contributed by atoms with Crippen LogP contribution in [0, 0.1) is 0 Å². The zero-order chi connectivity index (χ0) is 10.9. The van der Waals surface area contributed by atoms with Gasteiger partial charge >= 0.3 is 0 Å². The predicted molar refractivity (Wildman–Crippen MR) is 59.8 cm³/mol. The molecule has 0 aliphatic carbocycles. The van der Waals surface area contributed by atoms with Gasteiger partial charge in [-0.25, -0.2) is 0 Å². The summed E-state index contributed by atoms with van der Waals surface area (Å²) in [5.41, 5.74) is -0.694. The van der Waals surface area contributed by atoms with E-state index in [1.54, 1.807) is 0 Å². The van der Waals surface area contributed by atoms with Gasteiger partial charge in [-0.15, -0.1) is 0 Å². The lowest BCUT2D eigenvalue weighted by molar-refractivity contribution is -0.878. The maximum absolute atomic E-state index is 7.82. The van der Waals surface area contributed by atoms with Crippen molar-refractivity contribution in [3.63, 3.8) is 0 Å². The van der Waals surface area contributed by atoms with Crippen molar-refractivity contribution < 1.29 is 9.59 Å². The van der Waals surface area contributed by atoms with E-state index >= 15 is 0 Å². The second-order valence-corrected chi connectivity index (χ2v) is 4.08. The van der Waals surface area contributed by atoms with Gasteiger partial charge in [0.25, 0.3) is 0 Å². The summed E-state index contributed by atoms with van der Waals surface area (Å²) in [6, 6.07) is 0. The van der Waals surface area contributed by atoms with E-state index in [9.17, 15) is 0 Å². The number of nitrogens with zero attached hydrogens (tertiary/aromatic N) is 1. The first kappa shape index (κ1) is 15.2. The van der Waals surface area contributed by atoms with Crippen molar-refractivity contribution in [2.24, 2.45) is 0 Å². The van der Waals surface area contributed by atoms with Crippen LogP contribution in [0.1, 0.15) is 6.92 Å². The molecule has 0 rings (SSSR count). The Morgan fingerprint density at radius 3 is 1.69 bits per heavy atom. The lowest BCUT2D eigenvalue weighted by atomic mass is 10.4. The van der Waals surface area contributed by atoms with Gasteiger partial charge in [0.05, 0.1) is 27.2 Å². The molecule has 1 N–H and O–H groups in total. The van der Waals surface area contributed by atoms with Crippen molar-refractivity contribution in [2.45, 2.75) is 12.5 Å². The minimum atomic E-state index is -0.694. The van der Waals surface area contributed by atoms with E-state index < -0.39 is 5.56 Å². The molecule has 1 unspecified atom stereocenters. The van der Waals surface area contributed by atoms with Crippen LogP contribution in [0.25, 0.3) is 0 Å². The van der Waals surface area contributed by atoms with E-state index in [0.29, 0.717) is 0 Å². The Balaban J connectivity index is 0. The largest absolute Gasteiger partial charge is 0.378 e. The van der Waals surface area contributed by atoms with Crippen molar-refractivity contribution in [1.82, 2.24) is 0 Å². The Morgan fingerprint density at radius 1 is 1.31 bits per heavy atom. The number of quaternary nitrogens is 1. The van der Waals surface area contributed by atoms with E-state index in [0.717, 1.165) is 17.6 Å². The average Bonchev–Trinajstić information content (AvgIpc) is 1.84. The molecule has 3 heteroatoms. The Labute approximate surface area is 86.7 Å². The monoisotopic (exact) mass is 206 g/mol. The van der Waals surface area contributed by atoms with Gasteiger partial charge < -0.3 is 9.59 Å². The molecule has 0 aromatic carbocycles. The van der Waals surface area contributed by atoms with Gasteiger partial charge in [-0.2, -0.15) is 0 Å². The second-order valence-electron chi connectivity index (χ2n) is 3.45. The molecule has 2 nitrogen and oxygen atoms in total. The molecule has 1 atom stereocenters. The van der Waals surface area contributed by atoms with Crippen molar-refractivity contribution in [3.8, 4) is 0 Å². The molecule has 0 aromatic rings. The summed E-state index contributed by atoms with van der Waals surface area (Å²) in [6.45, 7) is 10.9. The standard InChI is InChI=1S/C8H16N.C2H5ClO/c1-5-7-9(3,4)8-6-2;1-2(3)4/h5-6H,1-2,7-8H2,3-4H3;2,4H,1H3/q+1;. The fourth-order valence-electron chi connectivity index (χ4n) is 0.774. The topological polar surface area (TPSA) is 20.2 Å². The Bertz CT molecular complexity index is 129. The summed E-state index contributed by atoms with van der Waals surface area (Å²) in [4.78, 5) is 0. The quantitative estimate of drug-likeness (QED) is 0.424. The van der Waals surface area contributed by atoms with Gasteiger partial charge in [0.2, 0.25) is 0 Å². The molecule has 0 aromatic heterocycles. The first-order chi connectivity index (χ1) is 5.85. The molecule has 0 saturated carbocycles. The van der Waals surface area contributed by atoms with Gasteiger partial charge in [0.1, 0.15) is 5.56 Å². The number of alkyl halides is 1. The zero-order valence-corrected chi connectivity index (χ0v) is 9.59. The molecule has 0 saturated heterocycles. The fraction of sp³-hybridized carbons (Fsp3) is 0.600. The Morgan fingerprint density at radius 2 is 1.54 bits per heavy atom. The SMILES string of the molecule is C=CC[N+](C)(C)CC=C.CC(O)Cl. The smallest absolute Gasteiger partial charge is 0.125 e. The third-order valence-electron chi connectivity index (χ3n) is 1.25. The number of hydrogen-bond acceptors (Lipinski definition) is 1. The highest BCUT2D eigenvalue weighted by atomic mass is 35.5. The van der Waals surface area contributed by atoms with Crippen LogP contribution in [0.3, 0.4) is 0 Å². The molecular weight excluding hydrogens is 186 g/mol. The maximum atomic E-state index is 7.82. The van der Waals surface area contributed by atoms with E-state index in [1.807, 2.05) is 12.2 Å². The molecule has 13 heavy (non-hydrogen) atoms. The fourth-order valence-corrected chi connectivity index (χ4v) is 0.774. The molecule has 0 spiro atoms. The Kier molecular flexibility index (Phi) is 9.68. The summed E-state index contributed by atoms with van der Waals surface area (Å²) >= 11 is 4.83. The number of likely N-dealkylation sites (N-methyl/N-ethyl adjacent to an activating group) is 1. The normalized spacial score (nSPS) is 12.4. The number of aliphatic hydroxyl groups is 1. The molecule has 0 heterocycles. The molecule has 0 amide bonds. The number of halogens is 1. The van der Waals surface area contributed by atoms with Crippen LogP contribution >= 0.6 is 11.6 Å². The minimum absolute atomic E-state index is 0.694. The van der Waals surface area contributed by atoms with Gasteiger partial charge in [0.15, 0.2) is 0 Å². The molecule has 0 aliphatic heterocycles. The summed E-state index contributed by atoms with van der Waals surface area (Å²) < 4.78 is 0.951. The van der Waals surface area contributed by atoms with Gasteiger partial charge in [-0.1, -0.05) is 24.8 Å². The van der Waals surface area contributed by atoms with Crippen LogP contribution in [0.15, 0.2) is 25.3 Å². The minimum Gasteiger partial charge on any atom is -0.378 e. The lowest BCUT2D eigenvalue weighted by Gasteiger charge is -2.26. The molecule has 0 fully saturated rings. The number of hydrogen-bond donors (Lipinski definition) is 1. The number of aliphatic hydroxyl groups excluding tert-OH is 1. The first-order valence-electron chi connectivity index (χ1n) is 4.21. The third kappa shape index (κ3) is 18.6. The predicted octanol–water partition coefficient (Wildman–Crippen LogP) is 2.00. The third-order valence-corrected chi connectivity index (χ3v) is 1.25. The Hall–Kier alpha value is -0.310. The van der Waals surface area contributed by atoms with Crippen LogP contribution in [0.5, 0.6) is 0 Å². The van der Waals surface area contributed by atoms with E-state index in [-0.39, 0.29) is 0 Å². The van der Waals surface area contributed by atoms with Gasteiger partial charge in [-0.05, 0) is 19.1 Å². The summed E-state index contributed by atoms with van der Waals surface area (Å²) in [7, 11) is 4.31. The highest BCUT2D eigenvalue weighted by molar-refractivity contribution is 6.19. The van der Waals surface area contributed by atoms with Crippen LogP contribution in [0.4, 0.5) is 0 Å². The van der Waals surface area contributed by atoms with Crippen LogP contribution < -0.4 is 0 Å². The van der Waals surface area contributed by atoms with Crippen molar-refractivity contribution in [2.75, 3.05) is 27.2 Å². The van der Waals surface area contributed by atoms with Gasteiger partial charge in [0, 0.05) is 0 Å². The molecular formula is C10H21ClNO+. The number of rotatable bonds is 4. The lowest BCUT2D eigenvalue weighted by Crippen LogP contribution is -2.39. The first-order valence-corrected chi connectivity index (χ1v) is 4.65. The summed E-state index contributed by atoms with van der Waals surface area (Å²) in [5.74, 6) is 0. The van der Waals surface area contributed by atoms with E-state index in [1.165, 1.54) is 6.92 Å². The zero-order valence-electron chi connectivity index (χ0n) is 8.83. The highest BCUT2D eigenvalue weighted by Gasteiger charge is 2.07. The average molecular weight is 207 g/mol. The summed E-state index contributed by atoms with van der Waals surface area (Å²) in [6.07, 6.45) is 3.87. The van der Waals surface area contributed by atoms with Crippen molar-refractivity contribution >= 4 is 11.6 Å². The second kappa shape index (κ2) is 8.30. The molecule has 78 valence electrons. The van der Waals surface area contributed by atoms with E-state index in [2.05, 4.69) is 27.3 Å². The molecule has 0 aliphatic rings. The van der Waals surface area contributed by atoms with Crippen molar-refractivity contribution in [3.05, 3.63) is 25.3 Å². The van der Waals surface area contributed by atoms with Crippen molar-refractivity contribution in [1.29, 1.82) is 0 Å². The van der Waals surface area contributed by atoms with E-state index in [4.69, 9.17) is 16.7 Å². The van der Waals surface area contributed by atoms with Crippen LogP contribution in [-0.4, -0.2) is 42.3 Å². The summed E-state index contributed by atoms with van der Waals surface area (Å²) in [5, 5.41) is 7.82. The molecule has 0 radical (unpaired) electrons. The maximum Gasteiger partial charge on any atom is 0.125 e. The van der Waals surface area contributed by atoms with Crippen LogP contribution in [0.2, 0.25) is 0 Å². The molecule has 0 bridgehead atoms. The highest BCUT2D eigenvalue weighted by Crippen LogP contribution is 1.95. The van der Waals surface area contributed by atoms with Crippen LogP contribution in [-0.2, 0) is 0 Å². The van der Waals surface area contributed by atoms with Gasteiger partial charge in [-0.3, -0.25) is 0 Å².